The first-order valence-electron chi connectivity index (χ1n) is 5.53. The Labute approximate surface area is 116 Å². The number of H-pyrrole nitrogens is 1. The molecule has 0 saturated heterocycles. The fourth-order valence-corrected chi connectivity index (χ4v) is 1.73. The number of halogens is 1. The fraction of sp³-hybridized carbons (Fsp3) is 0. The minimum atomic E-state index is -0.506. The topological polar surface area (TPSA) is 105 Å². The lowest BCUT2D eigenvalue weighted by molar-refractivity contribution is 0.314. The van der Waals surface area contributed by atoms with Crippen LogP contribution < -0.4 is 5.56 Å². The summed E-state index contributed by atoms with van der Waals surface area (Å²) < 4.78 is 4.45. The quantitative estimate of drug-likeness (QED) is 0.700. The molecule has 3 aromatic rings. The van der Waals surface area contributed by atoms with Gasteiger partial charge < -0.3 is 5.11 Å². The highest BCUT2D eigenvalue weighted by molar-refractivity contribution is 6.30. The molecule has 0 aliphatic carbocycles. The Bertz CT molecular complexity index is 851. The van der Waals surface area contributed by atoms with Crippen LogP contribution in [0, 0.1) is 0 Å². The van der Waals surface area contributed by atoms with E-state index in [9.17, 15) is 9.90 Å². The summed E-state index contributed by atoms with van der Waals surface area (Å²) in [6.07, 6.45) is 1.23. The van der Waals surface area contributed by atoms with Crippen LogP contribution in [-0.4, -0.2) is 25.4 Å². The summed E-state index contributed by atoms with van der Waals surface area (Å²) in [7, 11) is 0. The molecule has 3 rings (SSSR count). The van der Waals surface area contributed by atoms with Gasteiger partial charge in [-0.15, -0.1) is 0 Å². The molecule has 20 heavy (non-hydrogen) atoms. The Balaban J connectivity index is 2.06. The third kappa shape index (κ3) is 2.26. The summed E-state index contributed by atoms with van der Waals surface area (Å²) in [6.45, 7) is 0. The van der Waals surface area contributed by atoms with Crippen LogP contribution in [-0.2, 0) is 0 Å². The van der Waals surface area contributed by atoms with E-state index in [4.69, 9.17) is 11.6 Å². The van der Waals surface area contributed by atoms with Crippen LogP contribution in [0.4, 0.5) is 0 Å². The van der Waals surface area contributed by atoms with Gasteiger partial charge in [0.15, 0.2) is 0 Å². The van der Waals surface area contributed by atoms with Crippen molar-refractivity contribution in [2.45, 2.75) is 0 Å². The number of hydrogen-bond donors (Lipinski definition) is 2. The Hall–Kier alpha value is -2.67. The number of benzene rings is 1. The van der Waals surface area contributed by atoms with E-state index in [1.54, 1.807) is 24.3 Å². The molecule has 0 aliphatic heterocycles. The first-order valence-corrected chi connectivity index (χ1v) is 5.90. The molecule has 2 heterocycles. The number of aromatic amines is 1. The number of aromatic nitrogens is 4. The van der Waals surface area contributed by atoms with E-state index in [-0.39, 0.29) is 22.7 Å². The summed E-state index contributed by atoms with van der Waals surface area (Å²) in [5.74, 6) is -0.115. The lowest BCUT2D eigenvalue weighted by Gasteiger charge is -2.00. The van der Waals surface area contributed by atoms with Gasteiger partial charge in [-0.05, 0) is 34.6 Å². The monoisotopic (exact) mass is 290 g/mol. The second-order valence-corrected chi connectivity index (χ2v) is 4.36. The molecule has 7 nitrogen and oxygen atoms in total. The van der Waals surface area contributed by atoms with Gasteiger partial charge in [0.25, 0.3) is 5.56 Å². The number of hydrogen-bond acceptors (Lipinski definition) is 6. The van der Waals surface area contributed by atoms with Crippen LogP contribution >= 0.6 is 11.6 Å². The standard InChI is InChI=1S/C12H7ClN4O3/c13-7-3-1-6(2-4-7)9(18)5-8-12(19)15-11-10(14-8)16-20-17-11/h1-5,18H,(H,15,17,19)/b9-5-. The predicted molar refractivity (Wildman–Crippen MR) is 72.2 cm³/mol. The minimum Gasteiger partial charge on any atom is -0.507 e. The Kier molecular flexibility index (Phi) is 2.96. The number of nitrogens with one attached hydrogen (secondary N) is 1. The van der Waals surface area contributed by atoms with E-state index in [0.29, 0.717) is 10.6 Å². The molecule has 0 bridgehead atoms. The van der Waals surface area contributed by atoms with Gasteiger partial charge >= 0.3 is 0 Å². The molecular formula is C12H7ClN4O3. The lowest BCUT2D eigenvalue weighted by atomic mass is 10.1. The molecule has 0 saturated carbocycles. The molecule has 0 spiro atoms. The van der Waals surface area contributed by atoms with Crippen LogP contribution in [0.1, 0.15) is 11.3 Å². The van der Waals surface area contributed by atoms with E-state index in [1.807, 2.05) is 0 Å². The molecule has 2 N–H and O–H groups in total. The van der Waals surface area contributed by atoms with E-state index < -0.39 is 5.56 Å². The third-order valence-electron chi connectivity index (χ3n) is 2.58. The van der Waals surface area contributed by atoms with Crippen molar-refractivity contribution >= 4 is 34.7 Å². The molecular weight excluding hydrogens is 284 g/mol. The van der Waals surface area contributed by atoms with Gasteiger partial charge in [0.05, 0.1) is 0 Å². The molecule has 100 valence electrons. The Morgan fingerprint density at radius 3 is 2.80 bits per heavy atom. The average Bonchev–Trinajstić information content (AvgIpc) is 2.87. The van der Waals surface area contributed by atoms with Crippen molar-refractivity contribution in [3.8, 4) is 0 Å². The fourth-order valence-electron chi connectivity index (χ4n) is 1.60. The summed E-state index contributed by atoms with van der Waals surface area (Å²) in [4.78, 5) is 18.1. The SMILES string of the molecule is O=c1[nH]c2nonc2nc1/C=C(\O)c1ccc(Cl)cc1. The van der Waals surface area contributed by atoms with Crippen LogP contribution in [0.5, 0.6) is 0 Å². The first kappa shape index (κ1) is 12.4. The highest BCUT2D eigenvalue weighted by Gasteiger charge is 2.08. The van der Waals surface area contributed by atoms with Gasteiger partial charge in [0.2, 0.25) is 11.3 Å². The number of fused-ring (bicyclic) bond motifs is 1. The number of aliphatic hydroxyl groups is 1. The van der Waals surface area contributed by atoms with Gasteiger partial charge in [-0.1, -0.05) is 11.6 Å². The molecule has 0 atom stereocenters. The molecule has 2 aromatic heterocycles. The van der Waals surface area contributed by atoms with Crippen LogP contribution in [0.3, 0.4) is 0 Å². The van der Waals surface area contributed by atoms with E-state index in [1.165, 1.54) is 6.08 Å². The highest BCUT2D eigenvalue weighted by Crippen LogP contribution is 2.17. The van der Waals surface area contributed by atoms with Gasteiger partial charge in [-0.2, -0.15) is 0 Å². The predicted octanol–water partition coefficient (Wildman–Crippen LogP) is 2.02. The maximum atomic E-state index is 11.7. The third-order valence-corrected chi connectivity index (χ3v) is 2.83. The van der Waals surface area contributed by atoms with Crippen molar-refractivity contribution in [1.29, 1.82) is 0 Å². The smallest absolute Gasteiger partial charge is 0.275 e. The minimum absolute atomic E-state index is 0.000602. The van der Waals surface area contributed by atoms with Crippen molar-refractivity contribution in [3.63, 3.8) is 0 Å². The summed E-state index contributed by atoms with van der Waals surface area (Å²) in [6, 6.07) is 6.50. The normalized spacial score (nSPS) is 11.9. The number of nitrogens with zero attached hydrogens (tertiary/aromatic N) is 3. The average molecular weight is 291 g/mol. The van der Waals surface area contributed by atoms with E-state index >= 15 is 0 Å². The van der Waals surface area contributed by atoms with Gasteiger partial charge in [-0.3, -0.25) is 9.78 Å². The zero-order valence-electron chi connectivity index (χ0n) is 9.87. The molecule has 0 radical (unpaired) electrons. The first-order chi connectivity index (χ1) is 9.63. The summed E-state index contributed by atoms with van der Waals surface area (Å²) in [5, 5.41) is 17.5. The molecule has 1 aromatic carbocycles. The Morgan fingerprint density at radius 2 is 2.05 bits per heavy atom. The second kappa shape index (κ2) is 4.78. The van der Waals surface area contributed by atoms with Crippen LogP contribution in [0.15, 0.2) is 33.7 Å². The zero-order chi connectivity index (χ0) is 14.1. The van der Waals surface area contributed by atoms with Gasteiger partial charge in [0.1, 0.15) is 11.5 Å². The number of aliphatic hydroxyl groups excluding tert-OH is 1. The van der Waals surface area contributed by atoms with Gasteiger partial charge in [-0.25, -0.2) is 9.61 Å². The van der Waals surface area contributed by atoms with Crippen molar-refractivity contribution in [2.75, 3.05) is 0 Å². The highest BCUT2D eigenvalue weighted by atomic mass is 35.5. The van der Waals surface area contributed by atoms with Crippen molar-refractivity contribution in [1.82, 2.24) is 20.3 Å². The summed E-state index contributed by atoms with van der Waals surface area (Å²) >= 11 is 5.76. The number of rotatable bonds is 2. The second-order valence-electron chi connectivity index (χ2n) is 3.92. The van der Waals surface area contributed by atoms with E-state index in [2.05, 4.69) is 24.9 Å². The molecule has 0 unspecified atom stereocenters. The van der Waals surface area contributed by atoms with Crippen molar-refractivity contribution in [3.05, 3.63) is 50.9 Å². The molecule has 0 aliphatic rings. The molecule has 0 fully saturated rings. The van der Waals surface area contributed by atoms with Crippen LogP contribution in [0.2, 0.25) is 5.02 Å². The molecule has 0 amide bonds. The zero-order valence-corrected chi connectivity index (χ0v) is 10.6. The summed E-state index contributed by atoms with van der Waals surface area (Å²) in [5.41, 5.74) is 0.307. The largest absolute Gasteiger partial charge is 0.507 e. The lowest BCUT2D eigenvalue weighted by Crippen LogP contribution is -2.12. The van der Waals surface area contributed by atoms with Crippen LogP contribution in [0.25, 0.3) is 23.1 Å². The maximum Gasteiger partial charge on any atom is 0.275 e. The van der Waals surface area contributed by atoms with Gasteiger partial charge in [0, 0.05) is 16.7 Å². The van der Waals surface area contributed by atoms with Crippen molar-refractivity contribution in [2.24, 2.45) is 0 Å². The van der Waals surface area contributed by atoms with E-state index in [0.717, 1.165) is 0 Å². The Morgan fingerprint density at radius 1 is 1.30 bits per heavy atom. The maximum absolute atomic E-state index is 11.7. The molecule has 8 heteroatoms. The van der Waals surface area contributed by atoms with Crippen molar-refractivity contribution < 1.29 is 9.74 Å².